The smallest absolute Gasteiger partial charge is 0.328 e. The largest absolute Gasteiger partial charge is 0.480 e. The minimum absolute atomic E-state index is 0.167. The SMILES string of the molecule is C[C@H](C(=O)O)N1OCC[C@H](NC(=O)Cc2ccccc2)C1=O. The molecule has 0 unspecified atom stereocenters. The molecule has 1 saturated heterocycles. The first-order valence-electron chi connectivity index (χ1n) is 7.01. The fourth-order valence-corrected chi connectivity index (χ4v) is 2.17. The average Bonchev–Trinajstić information content (AvgIpc) is 2.49. The second kappa shape index (κ2) is 7.04. The number of nitrogens with one attached hydrogen (secondary N) is 1. The highest BCUT2D eigenvalue weighted by atomic mass is 16.7. The van der Waals surface area contributed by atoms with Crippen molar-refractivity contribution in [2.45, 2.75) is 31.8 Å². The maximum absolute atomic E-state index is 12.2. The topological polar surface area (TPSA) is 95.9 Å². The Morgan fingerprint density at radius 1 is 1.41 bits per heavy atom. The van der Waals surface area contributed by atoms with Crippen molar-refractivity contribution in [2.24, 2.45) is 0 Å². The van der Waals surface area contributed by atoms with E-state index in [1.807, 2.05) is 30.3 Å². The molecule has 1 heterocycles. The lowest BCUT2D eigenvalue weighted by Crippen LogP contribution is -2.56. The number of nitrogens with zero attached hydrogens (tertiary/aromatic N) is 1. The van der Waals surface area contributed by atoms with Gasteiger partial charge in [-0.1, -0.05) is 30.3 Å². The monoisotopic (exact) mass is 306 g/mol. The third-order valence-corrected chi connectivity index (χ3v) is 3.40. The van der Waals surface area contributed by atoms with E-state index >= 15 is 0 Å². The molecule has 0 saturated carbocycles. The van der Waals surface area contributed by atoms with Crippen LogP contribution in [0.3, 0.4) is 0 Å². The summed E-state index contributed by atoms with van der Waals surface area (Å²) in [6, 6.07) is 7.31. The fraction of sp³-hybridized carbons (Fsp3) is 0.400. The highest BCUT2D eigenvalue weighted by Gasteiger charge is 2.36. The minimum atomic E-state index is -1.16. The number of carbonyl (C=O) groups excluding carboxylic acids is 2. The molecule has 1 aromatic carbocycles. The number of carboxylic acids is 1. The highest BCUT2D eigenvalue weighted by molar-refractivity contribution is 5.90. The molecule has 22 heavy (non-hydrogen) atoms. The Morgan fingerprint density at radius 3 is 2.73 bits per heavy atom. The second-order valence-corrected chi connectivity index (χ2v) is 5.08. The predicted octanol–water partition coefficient (Wildman–Crippen LogP) is 0.351. The van der Waals surface area contributed by atoms with Crippen molar-refractivity contribution in [3.8, 4) is 0 Å². The van der Waals surface area contributed by atoms with Crippen molar-refractivity contribution in [1.29, 1.82) is 0 Å². The number of amides is 2. The zero-order chi connectivity index (χ0) is 16.1. The van der Waals surface area contributed by atoms with Crippen molar-refractivity contribution in [3.63, 3.8) is 0 Å². The molecule has 118 valence electrons. The van der Waals surface area contributed by atoms with Crippen LogP contribution in [0.15, 0.2) is 30.3 Å². The molecule has 2 N–H and O–H groups in total. The van der Waals surface area contributed by atoms with Gasteiger partial charge in [-0.2, -0.15) is 0 Å². The van der Waals surface area contributed by atoms with Crippen LogP contribution in [0.4, 0.5) is 0 Å². The van der Waals surface area contributed by atoms with Gasteiger partial charge in [0, 0.05) is 6.42 Å². The summed E-state index contributed by atoms with van der Waals surface area (Å²) in [6.45, 7) is 1.54. The summed E-state index contributed by atoms with van der Waals surface area (Å²) >= 11 is 0. The number of carbonyl (C=O) groups is 3. The van der Waals surface area contributed by atoms with Crippen LogP contribution in [-0.4, -0.2) is 46.6 Å². The summed E-state index contributed by atoms with van der Waals surface area (Å²) in [5, 5.41) is 12.4. The van der Waals surface area contributed by atoms with Gasteiger partial charge < -0.3 is 10.4 Å². The molecule has 0 radical (unpaired) electrons. The van der Waals surface area contributed by atoms with Gasteiger partial charge in [-0.15, -0.1) is 0 Å². The van der Waals surface area contributed by atoms with Gasteiger partial charge >= 0.3 is 5.97 Å². The zero-order valence-corrected chi connectivity index (χ0v) is 12.2. The van der Waals surface area contributed by atoms with Crippen LogP contribution in [0.1, 0.15) is 18.9 Å². The Hall–Kier alpha value is -2.41. The third kappa shape index (κ3) is 3.82. The first-order valence-corrected chi connectivity index (χ1v) is 7.01. The van der Waals surface area contributed by atoms with Crippen molar-refractivity contribution in [1.82, 2.24) is 10.4 Å². The second-order valence-electron chi connectivity index (χ2n) is 5.08. The number of hydroxylamine groups is 2. The summed E-state index contributed by atoms with van der Waals surface area (Å²) in [5.41, 5.74) is 0.843. The van der Waals surface area contributed by atoms with Gasteiger partial charge in [-0.25, -0.2) is 9.86 Å². The lowest BCUT2D eigenvalue weighted by molar-refractivity contribution is -0.218. The van der Waals surface area contributed by atoms with Gasteiger partial charge in [0.05, 0.1) is 13.0 Å². The molecule has 0 spiro atoms. The number of hydrogen-bond acceptors (Lipinski definition) is 4. The normalized spacial score (nSPS) is 19.6. The fourth-order valence-electron chi connectivity index (χ4n) is 2.17. The van der Waals surface area contributed by atoms with Gasteiger partial charge in [0.15, 0.2) is 6.04 Å². The van der Waals surface area contributed by atoms with Gasteiger partial charge in [-0.3, -0.25) is 14.4 Å². The molecule has 2 rings (SSSR count). The Bertz CT molecular complexity index is 560. The van der Waals surface area contributed by atoms with E-state index in [0.717, 1.165) is 10.6 Å². The van der Waals surface area contributed by atoms with E-state index < -0.39 is 24.0 Å². The zero-order valence-electron chi connectivity index (χ0n) is 12.2. The lowest BCUT2D eigenvalue weighted by Gasteiger charge is -2.33. The molecule has 7 heteroatoms. The first kappa shape index (κ1) is 16.0. The van der Waals surface area contributed by atoms with Crippen LogP contribution in [-0.2, 0) is 25.6 Å². The number of hydrogen-bond donors (Lipinski definition) is 2. The highest BCUT2D eigenvalue weighted by Crippen LogP contribution is 2.13. The molecule has 1 aliphatic heterocycles. The van der Waals surface area contributed by atoms with Crippen molar-refractivity contribution in [2.75, 3.05) is 6.61 Å². The number of benzene rings is 1. The molecule has 1 aliphatic rings. The quantitative estimate of drug-likeness (QED) is 0.818. The van der Waals surface area contributed by atoms with Gasteiger partial charge in [0.25, 0.3) is 5.91 Å². The molecule has 2 amide bonds. The van der Waals surface area contributed by atoms with E-state index in [1.54, 1.807) is 0 Å². The molecule has 1 fully saturated rings. The van der Waals surface area contributed by atoms with E-state index in [1.165, 1.54) is 6.92 Å². The van der Waals surface area contributed by atoms with E-state index in [9.17, 15) is 14.4 Å². The van der Waals surface area contributed by atoms with Gasteiger partial charge in [-0.05, 0) is 12.5 Å². The van der Waals surface area contributed by atoms with Gasteiger partial charge in [0.2, 0.25) is 5.91 Å². The molecule has 2 atom stereocenters. The number of carboxylic acid groups (broad SMARTS) is 1. The number of rotatable bonds is 5. The maximum Gasteiger partial charge on any atom is 0.328 e. The molecule has 1 aromatic rings. The summed E-state index contributed by atoms with van der Waals surface area (Å²) in [5.74, 6) is -1.98. The average molecular weight is 306 g/mol. The van der Waals surface area contributed by atoms with Crippen molar-refractivity contribution >= 4 is 17.8 Å². The third-order valence-electron chi connectivity index (χ3n) is 3.40. The standard InChI is InChI=1S/C15H18N2O5/c1-10(15(20)21)17-14(19)12(7-8-22-17)16-13(18)9-11-5-3-2-4-6-11/h2-6,10,12H,7-9H2,1H3,(H,16,18)(H,20,21)/t10-,12+/m1/s1. The Labute approximate surface area is 127 Å². The molecule has 0 bridgehead atoms. The summed E-state index contributed by atoms with van der Waals surface area (Å²) in [6.07, 6.45) is 0.488. The van der Waals surface area contributed by atoms with Crippen LogP contribution in [0.2, 0.25) is 0 Å². The van der Waals surface area contributed by atoms with Crippen molar-refractivity contribution < 1.29 is 24.3 Å². The summed E-state index contributed by atoms with van der Waals surface area (Å²) < 4.78 is 0. The van der Waals surface area contributed by atoms with Crippen LogP contribution in [0.25, 0.3) is 0 Å². The van der Waals surface area contributed by atoms with E-state index in [2.05, 4.69) is 5.32 Å². The Kier molecular flexibility index (Phi) is 5.11. The van der Waals surface area contributed by atoms with Crippen LogP contribution in [0, 0.1) is 0 Å². The molecule has 0 aromatic heterocycles. The van der Waals surface area contributed by atoms with Crippen LogP contribution in [0.5, 0.6) is 0 Å². The Morgan fingerprint density at radius 2 is 2.09 bits per heavy atom. The number of aliphatic carboxylic acids is 1. The molecule has 7 nitrogen and oxygen atoms in total. The Balaban J connectivity index is 1.95. The van der Waals surface area contributed by atoms with E-state index in [4.69, 9.17) is 9.94 Å². The molecule has 0 aliphatic carbocycles. The van der Waals surface area contributed by atoms with Crippen LogP contribution >= 0.6 is 0 Å². The lowest BCUT2D eigenvalue weighted by atomic mass is 10.1. The molecular weight excluding hydrogens is 288 g/mol. The van der Waals surface area contributed by atoms with Crippen molar-refractivity contribution in [3.05, 3.63) is 35.9 Å². The maximum atomic E-state index is 12.2. The van der Waals surface area contributed by atoms with E-state index in [-0.39, 0.29) is 18.9 Å². The predicted molar refractivity (Wildman–Crippen MR) is 76.6 cm³/mol. The first-order chi connectivity index (χ1) is 10.5. The molecular formula is C15H18N2O5. The summed E-state index contributed by atoms with van der Waals surface area (Å²) in [7, 11) is 0. The van der Waals surface area contributed by atoms with E-state index in [0.29, 0.717) is 6.42 Å². The van der Waals surface area contributed by atoms with Gasteiger partial charge in [0.1, 0.15) is 6.04 Å². The van der Waals surface area contributed by atoms with Crippen LogP contribution < -0.4 is 5.32 Å². The summed E-state index contributed by atoms with van der Waals surface area (Å²) in [4.78, 5) is 40.2. The minimum Gasteiger partial charge on any atom is -0.480 e.